The minimum absolute atomic E-state index is 0.121. The summed E-state index contributed by atoms with van der Waals surface area (Å²) in [6.07, 6.45) is -2.89. The number of nitrogens with one attached hydrogen (secondary N) is 1. The van der Waals surface area contributed by atoms with Crippen molar-refractivity contribution in [2.24, 2.45) is 0 Å². The number of rotatable bonds is 9. The van der Waals surface area contributed by atoms with Gasteiger partial charge >= 0.3 is 6.18 Å². The first-order valence-corrected chi connectivity index (χ1v) is 7.41. The van der Waals surface area contributed by atoms with Crippen molar-refractivity contribution in [3.8, 4) is 0 Å². The molecule has 0 fully saturated rings. The summed E-state index contributed by atoms with van der Waals surface area (Å²) in [7, 11) is 0. The van der Waals surface area contributed by atoms with Gasteiger partial charge in [0.2, 0.25) is 0 Å². The van der Waals surface area contributed by atoms with Crippen LogP contribution in [-0.4, -0.2) is 32.5 Å². The average Bonchev–Trinajstić information content (AvgIpc) is 2.42. The third-order valence-electron chi connectivity index (χ3n) is 3.09. The molecule has 6 heteroatoms. The molecule has 1 aromatic rings. The van der Waals surface area contributed by atoms with Crippen molar-refractivity contribution in [2.75, 3.05) is 26.3 Å². The van der Waals surface area contributed by atoms with E-state index in [1.165, 1.54) is 0 Å². The average molecular weight is 324 g/mol. The Morgan fingerprint density at radius 2 is 1.90 bits per heavy atom. The second-order valence-corrected chi connectivity index (χ2v) is 5.30. The molecule has 21 heavy (non-hydrogen) atoms. The first kappa shape index (κ1) is 18.3. The lowest BCUT2D eigenvalue weighted by molar-refractivity contribution is -0.174. The molecule has 1 N–H and O–H groups in total. The van der Waals surface area contributed by atoms with Crippen LogP contribution in [0.15, 0.2) is 24.3 Å². The number of hydrogen-bond acceptors (Lipinski definition) is 2. The minimum atomic E-state index is -4.25. The number of ether oxygens (including phenoxy) is 1. The number of hydrogen-bond donors (Lipinski definition) is 1. The summed E-state index contributed by atoms with van der Waals surface area (Å²) in [4.78, 5) is 0. The molecule has 0 aliphatic rings. The largest absolute Gasteiger partial charge is 0.411 e. The molecular weight excluding hydrogens is 303 g/mol. The molecule has 1 atom stereocenters. The van der Waals surface area contributed by atoms with Gasteiger partial charge in [-0.25, -0.2) is 0 Å². The predicted octanol–water partition coefficient (Wildman–Crippen LogP) is 4.39. The topological polar surface area (TPSA) is 21.3 Å². The lowest BCUT2D eigenvalue weighted by atomic mass is 9.94. The predicted molar refractivity (Wildman–Crippen MR) is 78.8 cm³/mol. The minimum Gasteiger partial charge on any atom is -0.372 e. The second kappa shape index (κ2) is 9.28. The van der Waals surface area contributed by atoms with Gasteiger partial charge < -0.3 is 10.1 Å². The van der Waals surface area contributed by atoms with Crippen LogP contribution in [0.25, 0.3) is 0 Å². The first-order valence-electron chi connectivity index (χ1n) is 7.03. The zero-order chi connectivity index (χ0) is 15.7. The summed E-state index contributed by atoms with van der Waals surface area (Å²) in [6.45, 7) is 2.61. The number of alkyl halides is 3. The van der Waals surface area contributed by atoms with Crippen LogP contribution in [0.5, 0.6) is 0 Å². The van der Waals surface area contributed by atoms with Gasteiger partial charge in [-0.3, -0.25) is 0 Å². The molecule has 0 saturated carbocycles. The van der Waals surface area contributed by atoms with E-state index in [0.717, 1.165) is 25.1 Å². The van der Waals surface area contributed by atoms with E-state index < -0.39 is 12.8 Å². The molecule has 1 aromatic carbocycles. The third-order valence-corrected chi connectivity index (χ3v) is 3.34. The van der Waals surface area contributed by atoms with Crippen LogP contribution in [0, 0.1) is 0 Å². The summed E-state index contributed by atoms with van der Waals surface area (Å²) in [6, 6.07) is 7.58. The van der Waals surface area contributed by atoms with Gasteiger partial charge in [0.15, 0.2) is 0 Å². The molecule has 0 saturated heterocycles. The molecule has 120 valence electrons. The summed E-state index contributed by atoms with van der Waals surface area (Å²) in [5.74, 6) is 0.247. The standard InChI is InChI=1S/C15H21ClF3NO/c1-2-20-10-13(12-5-7-14(16)8-6-12)4-3-9-21-11-15(17,18)19/h5-8,13,20H,2-4,9-11H2,1H3. The van der Waals surface area contributed by atoms with Crippen LogP contribution >= 0.6 is 11.6 Å². The molecule has 1 rings (SSSR count). The van der Waals surface area contributed by atoms with Crippen molar-refractivity contribution in [1.82, 2.24) is 5.32 Å². The van der Waals surface area contributed by atoms with Crippen LogP contribution in [0.1, 0.15) is 31.2 Å². The Morgan fingerprint density at radius 3 is 2.48 bits per heavy atom. The summed E-state index contributed by atoms with van der Waals surface area (Å²) < 4.78 is 40.5. The summed E-state index contributed by atoms with van der Waals surface area (Å²) in [5, 5.41) is 3.95. The second-order valence-electron chi connectivity index (χ2n) is 4.87. The highest BCUT2D eigenvalue weighted by atomic mass is 35.5. The quantitative estimate of drug-likeness (QED) is 0.680. The highest BCUT2D eigenvalue weighted by Crippen LogP contribution is 2.23. The van der Waals surface area contributed by atoms with Crippen molar-refractivity contribution in [2.45, 2.75) is 31.9 Å². The maximum Gasteiger partial charge on any atom is 0.411 e. The van der Waals surface area contributed by atoms with Crippen molar-refractivity contribution < 1.29 is 17.9 Å². The van der Waals surface area contributed by atoms with Gasteiger partial charge in [0.25, 0.3) is 0 Å². The fraction of sp³-hybridized carbons (Fsp3) is 0.600. The van der Waals surface area contributed by atoms with E-state index >= 15 is 0 Å². The monoisotopic (exact) mass is 323 g/mol. The maximum atomic E-state index is 12.0. The Morgan fingerprint density at radius 1 is 1.24 bits per heavy atom. The summed E-state index contributed by atoms with van der Waals surface area (Å²) >= 11 is 5.87. The third kappa shape index (κ3) is 8.29. The van der Waals surface area contributed by atoms with E-state index in [9.17, 15) is 13.2 Å². The van der Waals surface area contributed by atoms with Crippen molar-refractivity contribution in [1.29, 1.82) is 0 Å². The van der Waals surface area contributed by atoms with E-state index in [1.54, 1.807) is 0 Å². The zero-order valence-electron chi connectivity index (χ0n) is 12.0. The lowest BCUT2D eigenvalue weighted by Gasteiger charge is -2.18. The fourth-order valence-electron chi connectivity index (χ4n) is 2.06. The molecule has 0 aliphatic heterocycles. The van der Waals surface area contributed by atoms with Gasteiger partial charge in [-0.05, 0) is 43.0 Å². The smallest absolute Gasteiger partial charge is 0.372 e. The van der Waals surface area contributed by atoms with Crippen LogP contribution < -0.4 is 5.32 Å². The van der Waals surface area contributed by atoms with E-state index in [0.29, 0.717) is 11.4 Å². The van der Waals surface area contributed by atoms with Gasteiger partial charge in [-0.15, -0.1) is 0 Å². The van der Waals surface area contributed by atoms with Crippen LogP contribution in [-0.2, 0) is 4.74 Å². The SMILES string of the molecule is CCNCC(CCCOCC(F)(F)F)c1ccc(Cl)cc1. The van der Waals surface area contributed by atoms with Gasteiger partial charge in [-0.1, -0.05) is 30.7 Å². The van der Waals surface area contributed by atoms with Crippen LogP contribution in [0.4, 0.5) is 13.2 Å². The van der Waals surface area contributed by atoms with Crippen molar-refractivity contribution >= 4 is 11.6 Å². The van der Waals surface area contributed by atoms with Crippen molar-refractivity contribution in [3.05, 3.63) is 34.9 Å². The number of benzene rings is 1. The number of likely N-dealkylation sites (N-methyl/N-ethyl adjacent to an activating group) is 1. The highest BCUT2D eigenvalue weighted by Gasteiger charge is 2.27. The van der Waals surface area contributed by atoms with E-state index in [-0.39, 0.29) is 12.5 Å². The molecule has 1 unspecified atom stereocenters. The molecular formula is C15H21ClF3NO. The van der Waals surface area contributed by atoms with Crippen LogP contribution in [0.3, 0.4) is 0 Å². The zero-order valence-corrected chi connectivity index (χ0v) is 12.8. The Kier molecular flexibility index (Phi) is 8.07. The molecule has 0 radical (unpaired) electrons. The van der Waals surface area contributed by atoms with Gasteiger partial charge in [-0.2, -0.15) is 13.2 Å². The van der Waals surface area contributed by atoms with Gasteiger partial charge in [0.1, 0.15) is 6.61 Å². The molecule has 0 bridgehead atoms. The van der Waals surface area contributed by atoms with E-state index in [2.05, 4.69) is 10.1 Å². The Balaban J connectivity index is 2.41. The molecule has 0 aliphatic carbocycles. The Hall–Kier alpha value is -0.780. The Labute approximate surface area is 128 Å². The molecule has 2 nitrogen and oxygen atoms in total. The molecule has 0 spiro atoms. The number of halogens is 4. The first-order chi connectivity index (χ1) is 9.92. The fourth-order valence-corrected chi connectivity index (χ4v) is 2.19. The van der Waals surface area contributed by atoms with E-state index in [4.69, 9.17) is 11.6 Å². The molecule has 0 amide bonds. The van der Waals surface area contributed by atoms with E-state index in [1.807, 2.05) is 31.2 Å². The Bertz CT molecular complexity index is 395. The molecule has 0 aromatic heterocycles. The summed E-state index contributed by atoms with van der Waals surface area (Å²) in [5.41, 5.74) is 1.14. The van der Waals surface area contributed by atoms with Crippen LogP contribution in [0.2, 0.25) is 5.02 Å². The van der Waals surface area contributed by atoms with Gasteiger partial charge in [0, 0.05) is 18.2 Å². The highest BCUT2D eigenvalue weighted by molar-refractivity contribution is 6.30. The maximum absolute atomic E-state index is 12.0. The lowest BCUT2D eigenvalue weighted by Crippen LogP contribution is -2.22. The van der Waals surface area contributed by atoms with Gasteiger partial charge in [0.05, 0.1) is 0 Å². The molecule has 0 heterocycles. The normalized spacial score (nSPS) is 13.4. The van der Waals surface area contributed by atoms with Crippen molar-refractivity contribution in [3.63, 3.8) is 0 Å².